The van der Waals surface area contributed by atoms with Crippen molar-refractivity contribution in [3.05, 3.63) is 0 Å². The van der Waals surface area contributed by atoms with Gasteiger partial charge in [0.2, 0.25) is 0 Å². The molecule has 17 heavy (non-hydrogen) atoms. The lowest BCUT2D eigenvalue weighted by molar-refractivity contribution is -0.956. The molecule has 0 fully saturated rings. The molecule has 5 N–H and O–H groups in total. The van der Waals surface area contributed by atoms with E-state index >= 15 is 0 Å². The van der Waals surface area contributed by atoms with Crippen molar-refractivity contribution in [2.75, 3.05) is 6.54 Å². The highest BCUT2D eigenvalue weighted by atomic mass is 16.7. The van der Waals surface area contributed by atoms with Crippen LogP contribution in [-0.2, 0) is 4.84 Å². The van der Waals surface area contributed by atoms with Gasteiger partial charge in [0, 0.05) is 0 Å². The number of rotatable bonds is 4. The smallest absolute Gasteiger partial charge is 0.324 e. The molecule has 0 aliphatic carbocycles. The molecule has 1 amide bonds. The number of amides is 1. The number of nitrogens with one attached hydrogen (secondary N) is 1. The molecule has 0 aromatic carbocycles. The Morgan fingerprint density at radius 1 is 1.29 bits per heavy atom. The highest BCUT2D eigenvalue weighted by Crippen LogP contribution is 2.22. The molecule has 1 unspecified atom stereocenters. The summed E-state index contributed by atoms with van der Waals surface area (Å²) in [5.41, 5.74) is 2.53. The number of carbonyl (C=O) groups is 1. The third kappa shape index (κ3) is 3.92. The van der Waals surface area contributed by atoms with E-state index in [1.165, 1.54) is 0 Å². The number of quaternary nitrogens is 1. The van der Waals surface area contributed by atoms with Crippen LogP contribution >= 0.6 is 0 Å². The van der Waals surface area contributed by atoms with Crippen molar-refractivity contribution in [3.63, 3.8) is 0 Å². The van der Waals surface area contributed by atoms with Gasteiger partial charge in [0.1, 0.15) is 5.54 Å². The average Bonchev–Trinajstić information content (AvgIpc) is 2.23. The van der Waals surface area contributed by atoms with Crippen molar-refractivity contribution in [3.8, 4) is 0 Å². The maximum Gasteiger partial charge on any atom is 0.575 e. The average molecular weight is 247 g/mol. The van der Waals surface area contributed by atoms with Crippen molar-refractivity contribution in [2.45, 2.75) is 53.5 Å². The minimum Gasteiger partial charge on any atom is -0.324 e. The molecular weight excluding hydrogens is 220 g/mol. The fourth-order valence-electron chi connectivity index (χ4n) is 1.12. The van der Waals surface area contributed by atoms with Gasteiger partial charge in [-0.05, 0) is 32.6 Å². The fraction of sp³-hybridized carbons (Fsp3) is 0.909. The molecule has 0 rings (SSSR count). The lowest BCUT2D eigenvalue weighted by atomic mass is 9.90. The third-order valence-electron chi connectivity index (χ3n) is 3.21. The molecule has 0 radical (unpaired) electrons. The van der Waals surface area contributed by atoms with Crippen LogP contribution in [0.5, 0.6) is 0 Å². The second kappa shape index (κ2) is 5.30. The van der Waals surface area contributed by atoms with Crippen LogP contribution in [0.1, 0.15) is 48.0 Å². The van der Waals surface area contributed by atoms with Crippen LogP contribution in [0.15, 0.2) is 0 Å². The number of hydrogen-bond acceptors (Lipinski definition) is 5. The first-order valence-electron chi connectivity index (χ1n) is 5.84. The summed E-state index contributed by atoms with van der Waals surface area (Å²) in [6.45, 7) is 12.4. The van der Waals surface area contributed by atoms with Gasteiger partial charge in [-0.25, -0.2) is 0 Å². The number of nitrogens with two attached hydrogens (primary N) is 2. The van der Waals surface area contributed by atoms with Gasteiger partial charge in [-0.15, -0.1) is 11.3 Å². The monoisotopic (exact) mass is 247 g/mol. The lowest BCUT2D eigenvalue weighted by Gasteiger charge is -2.40. The van der Waals surface area contributed by atoms with E-state index in [-0.39, 0.29) is 5.41 Å². The zero-order chi connectivity index (χ0) is 13.9. The van der Waals surface area contributed by atoms with Gasteiger partial charge in [-0.2, -0.15) is 10.7 Å². The van der Waals surface area contributed by atoms with Crippen molar-refractivity contribution in [2.24, 2.45) is 17.2 Å². The molecule has 0 spiro atoms. The van der Waals surface area contributed by atoms with Gasteiger partial charge >= 0.3 is 6.09 Å². The molecule has 0 saturated carbocycles. The van der Waals surface area contributed by atoms with E-state index in [0.29, 0.717) is 6.54 Å². The molecule has 0 heterocycles. The van der Waals surface area contributed by atoms with Gasteiger partial charge in [0.15, 0.2) is 0 Å². The minimum absolute atomic E-state index is 0.0446. The summed E-state index contributed by atoms with van der Waals surface area (Å²) < 4.78 is -0.549. The summed E-state index contributed by atoms with van der Waals surface area (Å²) in [4.78, 5) is 16.0. The lowest BCUT2D eigenvalue weighted by Crippen LogP contribution is -2.76. The molecule has 0 aromatic rings. The minimum atomic E-state index is -0.704. The van der Waals surface area contributed by atoms with Crippen molar-refractivity contribution in [1.29, 1.82) is 0 Å². The zero-order valence-corrected chi connectivity index (χ0v) is 11.8. The summed E-state index contributed by atoms with van der Waals surface area (Å²) in [5.74, 6) is 11.0. The summed E-state index contributed by atoms with van der Waals surface area (Å²) in [6.07, 6.45) is 0.270. The molecule has 6 nitrogen and oxygen atoms in total. The highest BCUT2D eigenvalue weighted by molar-refractivity contribution is 5.58. The van der Waals surface area contributed by atoms with Crippen molar-refractivity contribution < 1.29 is 14.3 Å². The van der Waals surface area contributed by atoms with E-state index < -0.39 is 16.3 Å². The highest BCUT2D eigenvalue weighted by Gasteiger charge is 2.48. The first-order chi connectivity index (χ1) is 7.50. The standard InChI is InChI=1S/C11H27N4O2/c1-7-11(5,6)8-14-15(12,9(16)17-13)10(2,3)4/h14H,7-8,12-13H2,1-6H3/q+1. The van der Waals surface area contributed by atoms with Crippen molar-refractivity contribution >= 4 is 6.09 Å². The Balaban J connectivity index is 4.93. The Bertz CT molecular complexity index is 273. The van der Waals surface area contributed by atoms with E-state index in [4.69, 9.17) is 11.7 Å². The molecule has 6 heteroatoms. The van der Waals surface area contributed by atoms with Crippen LogP contribution < -0.4 is 17.2 Å². The van der Waals surface area contributed by atoms with Crippen LogP contribution in [0.4, 0.5) is 4.79 Å². The SMILES string of the molecule is CCC(C)(C)CN[N+](N)(C(=O)ON)C(C)(C)C. The van der Waals surface area contributed by atoms with Crippen LogP contribution in [0.25, 0.3) is 0 Å². The van der Waals surface area contributed by atoms with Gasteiger partial charge < -0.3 is 4.84 Å². The molecule has 1 atom stereocenters. The second-order valence-electron chi connectivity index (χ2n) is 6.13. The van der Waals surface area contributed by atoms with Gasteiger partial charge in [0.05, 0.1) is 6.54 Å². The molecule has 0 aliphatic heterocycles. The molecule has 102 valence electrons. The first kappa shape index (κ1) is 16.3. The predicted octanol–water partition coefficient (Wildman–Crippen LogP) is 1.43. The third-order valence-corrected chi connectivity index (χ3v) is 3.21. The van der Waals surface area contributed by atoms with E-state index in [0.717, 1.165) is 6.42 Å². The van der Waals surface area contributed by atoms with Gasteiger partial charge in [-0.3, -0.25) is 0 Å². The maximum absolute atomic E-state index is 11.7. The molecular formula is C11H27N4O2+. The predicted molar refractivity (Wildman–Crippen MR) is 66.9 cm³/mol. The number of carbonyl (C=O) groups excluding carboxylic acids is 1. The summed E-state index contributed by atoms with van der Waals surface area (Å²) >= 11 is 0. The largest absolute Gasteiger partial charge is 0.575 e. The van der Waals surface area contributed by atoms with Crippen LogP contribution in [0, 0.1) is 5.41 Å². The fourth-order valence-corrected chi connectivity index (χ4v) is 1.12. The van der Waals surface area contributed by atoms with Gasteiger partial charge in [0.25, 0.3) is 0 Å². The Hall–Kier alpha value is -0.690. The summed E-state index contributed by atoms with van der Waals surface area (Å²) in [6, 6.07) is 0. The Labute approximate surface area is 104 Å². The summed E-state index contributed by atoms with van der Waals surface area (Å²) in [7, 11) is 0. The van der Waals surface area contributed by atoms with Crippen LogP contribution in [0.2, 0.25) is 0 Å². The molecule has 0 bridgehead atoms. The zero-order valence-electron chi connectivity index (χ0n) is 11.8. The van der Waals surface area contributed by atoms with Crippen LogP contribution in [0.3, 0.4) is 0 Å². The van der Waals surface area contributed by atoms with Gasteiger partial charge in [-0.1, -0.05) is 25.5 Å². The van der Waals surface area contributed by atoms with E-state index in [9.17, 15) is 4.79 Å². The molecule has 0 aromatic heterocycles. The van der Waals surface area contributed by atoms with E-state index in [1.807, 2.05) is 20.8 Å². The van der Waals surface area contributed by atoms with Crippen molar-refractivity contribution in [1.82, 2.24) is 5.43 Å². The first-order valence-corrected chi connectivity index (χ1v) is 5.84. The van der Waals surface area contributed by atoms with Crippen LogP contribution in [-0.4, -0.2) is 22.9 Å². The normalized spacial score (nSPS) is 16.5. The molecule has 0 saturated heterocycles. The Morgan fingerprint density at radius 3 is 2.06 bits per heavy atom. The number of hydrogen-bond donors (Lipinski definition) is 3. The van der Waals surface area contributed by atoms with E-state index in [1.54, 1.807) is 0 Å². The summed E-state index contributed by atoms with van der Waals surface area (Å²) in [5, 5.41) is 0. The maximum atomic E-state index is 11.7. The van der Waals surface area contributed by atoms with E-state index in [2.05, 4.69) is 31.0 Å². The Kier molecular flexibility index (Phi) is 5.09. The topological polar surface area (TPSA) is 90.4 Å². The quantitative estimate of drug-likeness (QED) is 0.302. The Morgan fingerprint density at radius 2 is 1.76 bits per heavy atom. The second-order valence-corrected chi connectivity index (χ2v) is 6.13. The molecule has 0 aliphatic rings. The number of nitrogens with zero attached hydrogens (tertiary/aromatic N) is 1.